The van der Waals surface area contributed by atoms with Crippen molar-refractivity contribution in [3.05, 3.63) is 59.1 Å². The normalized spacial score (nSPS) is 23.4. The topological polar surface area (TPSA) is 75.7 Å². The number of carbonyl (C=O) groups excluding carboxylic acids is 1. The van der Waals surface area contributed by atoms with Crippen LogP contribution in [0.2, 0.25) is 5.02 Å². The average molecular weight is 449 g/mol. The summed E-state index contributed by atoms with van der Waals surface area (Å²) in [6, 6.07) is 12.7. The van der Waals surface area contributed by atoms with Crippen molar-refractivity contribution in [2.45, 2.75) is 55.7 Å². The zero-order valence-corrected chi connectivity index (χ0v) is 18.5. The predicted molar refractivity (Wildman–Crippen MR) is 115 cm³/mol. The standard InChI is InChI=1S/C22H25ClN2O4S/c1-22(2)14-18(17-6-3-4-8-20(17)29-22)24-21(26)19-7-5-13-25(19)30(27,28)16-11-9-15(23)10-12-16/h3-4,6,8-12,18-19H,5,7,13-14H2,1-2H3,(H,24,26)/t18-,19-/m1/s1. The number of fused-ring (bicyclic) bond motifs is 1. The summed E-state index contributed by atoms with van der Waals surface area (Å²) in [6.07, 6.45) is 1.74. The Kier molecular flexibility index (Phi) is 5.55. The first-order chi connectivity index (χ1) is 14.2. The number of sulfonamides is 1. The summed E-state index contributed by atoms with van der Waals surface area (Å²) in [4.78, 5) is 13.3. The van der Waals surface area contributed by atoms with E-state index in [-0.39, 0.29) is 16.8 Å². The van der Waals surface area contributed by atoms with Gasteiger partial charge in [-0.25, -0.2) is 8.42 Å². The van der Waals surface area contributed by atoms with Gasteiger partial charge < -0.3 is 10.1 Å². The Hall–Kier alpha value is -2.09. The Labute approximate surface area is 182 Å². The molecule has 1 amide bonds. The number of nitrogens with zero attached hydrogens (tertiary/aromatic N) is 1. The lowest BCUT2D eigenvalue weighted by Gasteiger charge is -2.38. The Morgan fingerprint density at radius 1 is 1.17 bits per heavy atom. The lowest BCUT2D eigenvalue weighted by Crippen LogP contribution is -2.49. The van der Waals surface area contributed by atoms with Gasteiger partial charge in [0.1, 0.15) is 17.4 Å². The van der Waals surface area contributed by atoms with Crippen molar-refractivity contribution >= 4 is 27.5 Å². The fraction of sp³-hybridized carbons (Fsp3) is 0.409. The van der Waals surface area contributed by atoms with Crippen molar-refractivity contribution in [2.75, 3.05) is 6.54 Å². The van der Waals surface area contributed by atoms with Crippen LogP contribution in [0.3, 0.4) is 0 Å². The number of halogens is 1. The highest BCUT2D eigenvalue weighted by molar-refractivity contribution is 7.89. The van der Waals surface area contributed by atoms with Gasteiger partial charge in [0, 0.05) is 23.6 Å². The summed E-state index contributed by atoms with van der Waals surface area (Å²) in [6.45, 7) is 4.28. The summed E-state index contributed by atoms with van der Waals surface area (Å²) in [5.74, 6) is 0.471. The molecule has 1 N–H and O–H groups in total. The van der Waals surface area contributed by atoms with Crippen molar-refractivity contribution in [3.8, 4) is 5.75 Å². The molecular weight excluding hydrogens is 424 g/mol. The van der Waals surface area contributed by atoms with E-state index >= 15 is 0 Å². The largest absolute Gasteiger partial charge is 0.487 e. The van der Waals surface area contributed by atoms with E-state index in [1.807, 2.05) is 38.1 Å². The average Bonchev–Trinajstić information content (AvgIpc) is 3.18. The first kappa shape index (κ1) is 21.2. The molecule has 4 rings (SSSR count). The molecule has 2 aromatic carbocycles. The Bertz CT molecular complexity index is 1050. The van der Waals surface area contributed by atoms with Gasteiger partial charge in [0.15, 0.2) is 0 Å². The maximum atomic E-state index is 13.2. The second-order valence-electron chi connectivity index (χ2n) is 8.39. The molecule has 2 aromatic rings. The molecule has 1 saturated heterocycles. The van der Waals surface area contributed by atoms with Gasteiger partial charge in [0.2, 0.25) is 15.9 Å². The monoisotopic (exact) mass is 448 g/mol. The molecule has 1 fully saturated rings. The van der Waals surface area contributed by atoms with Crippen LogP contribution in [0.15, 0.2) is 53.4 Å². The molecule has 160 valence electrons. The van der Waals surface area contributed by atoms with Crippen molar-refractivity contribution < 1.29 is 17.9 Å². The molecule has 6 nitrogen and oxygen atoms in total. The highest BCUT2D eigenvalue weighted by Gasteiger charge is 2.41. The van der Waals surface area contributed by atoms with Crippen LogP contribution in [-0.4, -0.2) is 36.8 Å². The molecule has 0 unspecified atom stereocenters. The first-order valence-corrected chi connectivity index (χ1v) is 11.8. The third kappa shape index (κ3) is 4.06. The smallest absolute Gasteiger partial charge is 0.243 e. The van der Waals surface area contributed by atoms with Crippen LogP contribution >= 0.6 is 11.6 Å². The zero-order chi connectivity index (χ0) is 21.5. The van der Waals surface area contributed by atoms with Crippen molar-refractivity contribution in [3.63, 3.8) is 0 Å². The highest BCUT2D eigenvalue weighted by Crippen LogP contribution is 2.39. The van der Waals surface area contributed by atoms with Gasteiger partial charge in [-0.3, -0.25) is 4.79 Å². The van der Waals surface area contributed by atoms with Crippen LogP contribution in [0.5, 0.6) is 5.75 Å². The van der Waals surface area contributed by atoms with Gasteiger partial charge in [0.25, 0.3) is 0 Å². The molecule has 0 aliphatic carbocycles. The molecule has 0 spiro atoms. The molecule has 0 aromatic heterocycles. The van der Waals surface area contributed by atoms with Crippen LogP contribution < -0.4 is 10.1 Å². The number of amides is 1. The zero-order valence-electron chi connectivity index (χ0n) is 17.0. The second-order valence-corrected chi connectivity index (χ2v) is 10.7. The van der Waals surface area contributed by atoms with E-state index in [0.29, 0.717) is 30.8 Å². The van der Waals surface area contributed by atoms with Gasteiger partial charge in [-0.15, -0.1) is 0 Å². The molecule has 0 bridgehead atoms. The van der Waals surface area contributed by atoms with Gasteiger partial charge in [-0.1, -0.05) is 29.8 Å². The molecule has 8 heteroatoms. The third-order valence-corrected chi connectivity index (χ3v) is 7.79. The molecule has 2 heterocycles. The van der Waals surface area contributed by atoms with E-state index in [1.54, 1.807) is 12.1 Å². The van der Waals surface area contributed by atoms with Gasteiger partial charge in [-0.2, -0.15) is 4.31 Å². The lowest BCUT2D eigenvalue weighted by atomic mass is 9.89. The fourth-order valence-electron chi connectivity index (χ4n) is 4.23. The summed E-state index contributed by atoms with van der Waals surface area (Å²) >= 11 is 5.89. The van der Waals surface area contributed by atoms with Crippen molar-refractivity contribution in [1.82, 2.24) is 9.62 Å². The van der Waals surface area contributed by atoms with E-state index < -0.39 is 21.7 Å². The van der Waals surface area contributed by atoms with E-state index in [4.69, 9.17) is 16.3 Å². The van der Waals surface area contributed by atoms with E-state index in [1.165, 1.54) is 16.4 Å². The van der Waals surface area contributed by atoms with E-state index in [2.05, 4.69) is 5.32 Å². The number of hydrogen-bond donors (Lipinski definition) is 1. The summed E-state index contributed by atoms with van der Waals surface area (Å²) in [5, 5.41) is 3.55. The summed E-state index contributed by atoms with van der Waals surface area (Å²) < 4.78 is 33.6. The second kappa shape index (κ2) is 7.87. The van der Waals surface area contributed by atoms with Crippen LogP contribution in [-0.2, 0) is 14.8 Å². The van der Waals surface area contributed by atoms with E-state index in [9.17, 15) is 13.2 Å². The Morgan fingerprint density at radius 2 is 1.87 bits per heavy atom. The summed E-state index contributed by atoms with van der Waals surface area (Å²) in [5.41, 5.74) is 0.479. The lowest BCUT2D eigenvalue weighted by molar-refractivity contribution is -0.125. The van der Waals surface area contributed by atoms with Gasteiger partial charge in [-0.05, 0) is 57.0 Å². The molecule has 2 aliphatic heterocycles. The number of carbonyl (C=O) groups is 1. The maximum Gasteiger partial charge on any atom is 0.243 e. The van der Waals surface area contributed by atoms with Crippen molar-refractivity contribution in [2.24, 2.45) is 0 Å². The van der Waals surface area contributed by atoms with Gasteiger partial charge >= 0.3 is 0 Å². The molecule has 30 heavy (non-hydrogen) atoms. The number of ether oxygens (including phenoxy) is 1. The SMILES string of the molecule is CC1(C)C[C@@H](NC(=O)[C@H]2CCCN2S(=O)(=O)c2ccc(Cl)cc2)c2ccccc2O1. The summed E-state index contributed by atoms with van der Waals surface area (Å²) in [7, 11) is -3.78. The first-order valence-electron chi connectivity index (χ1n) is 10.0. The number of hydrogen-bond acceptors (Lipinski definition) is 4. The molecule has 2 aliphatic rings. The predicted octanol–water partition coefficient (Wildman–Crippen LogP) is 3.91. The van der Waals surface area contributed by atoms with Crippen LogP contribution in [0.25, 0.3) is 0 Å². The number of nitrogens with one attached hydrogen (secondary N) is 1. The number of para-hydroxylation sites is 1. The van der Waals surface area contributed by atoms with Crippen molar-refractivity contribution in [1.29, 1.82) is 0 Å². The Balaban J connectivity index is 1.57. The minimum absolute atomic E-state index is 0.143. The highest BCUT2D eigenvalue weighted by atomic mass is 35.5. The minimum atomic E-state index is -3.78. The minimum Gasteiger partial charge on any atom is -0.487 e. The molecule has 2 atom stereocenters. The quantitative estimate of drug-likeness (QED) is 0.769. The van der Waals surface area contributed by atoms with Crippen LogP contribution in [0.4, 0.5) is 0 Å². The fourth-order valence-corrected chi connectivity index (χ4v) is 6.01. The number of benzene rings is 2. The molecule has 0 radical (unpaired) electrons. The molecule has 0 saturated carbocycles. The van der Waals surface area contributed by atoms with Crippen LogP contribution in [0.1, 0.15) is 44.7 Å². The Morgan fingerprint density at radius 3 is 2.60 bits per heavy atom. The van der Waals surface area contributed by atoms with Crippen LogP contribution in [0, 0.1) is 0 Å². The van der Waals surface area contributed by atoms with E-state index in [0.717, 1.165) is 11.3 Å². The third-order valence-electron chi connectivity index (χ3n) is 5.62. The number of rotatable bonds is 4. The van der Waals surface area contributed by atoms with Gasteiger partial charge in [0.05, 0.1) is 10.9 Å². The maximum absolute atomic E-state index is 13.2. The molecular formula is C22H25ClN2O4S.